The van der Waals surface area contributed by atoms with Gasteiger partial charge in [0, 0.05) is 24.2 Å². The minimum Gasteiger partial charge on any atom is -0.369 e. The molecule has 0 radical (unpaired) electrons. The smallest absolute Gasteiger partial charge is 0.246 e. The zero-order valence-corrected chi connectivity index (χ0v) is 12.8. The van der Waals surface area contributed by atoms with Crippen molar-refractivity contribution in [3.63, 3.8) is 0 Å². The summed E-state index contributed by atoms with van der Waals surface area (Å²) in [7, 11) is 0. The fraction of sp³-hybridized carbons (Fsp3) is 0.375. The maximum absolute atomic E-state index is 12.3. The van der Waals surface area contributed by atoms with E-state index in [-0.39, 0.29) is 17.7 Å². The molecule has 5 heteroatoms. The van der Waals surface area contributed by atoms with Gasteiger partial charge in [-0.2, -0.15) is 0 Å². The number of halogens is 1. The van der Waals surface area contributed by atoms with E-state index in [0.29, 0.717) is 18.1 Å². The Hall–Kier alpha value is -1.81. The van der Waals surface area contributed by atoms with E-state index in [0.717, 1.165) is 24.0 Å². The Bertz CT molecular complexity index is 583. The van der Waals surface area contributed by atoms with Crippen LogP contribution in [0.3, 0.4) is 0 Å². The number of nitrogens with two attached hydrogens (primary N) is 1. The molecule has 1 aromatic carbocycles. The minimum absolute atomic E-state index is 0.0987. The van der Waals surface area contributed by atoms with Crippen molar-refractivity contribution < 1.29 is 9.59 Å². The van der Waals surface area contributed by atoms with Crippen LogP contribution >= 0.6 is 11.6 Å². The van der Waals surface area contributed by atoms with E-state index in [2.05, 4.69) is 0 Å². The average molecular weight is 307 g/mol. The van der Waals surface area contributed by atoms with Crippen LogP contribution in [0.1, 0.15) is 25.3 Å². The number of hydrogen-bond donors (Lipinski definition) is 1. The number of benzene rings is 1. The summed E-state index contributed by atoms with van der Waals surface area (Å²) >= 11 is 6.13. The molecule has 0 saturated carbocycles. The van der Waals surface area contributed by atoms with E-state index in [1.54, 1.807) is 17.0 Å². The lowest BCUT2D eigenvalue weighted by atomic mass is 9.97. The predicted octanol–water partition coefficient (Wildman–Crippen LogP) is 2.47. The number of nitrogens with zero attached hydrogens (tertiary/aromatic N) is 1. The molecule has 0 spiro atoms. The summed E-state index contributed by atoms with van der Waals surface area (Å²) in [5.74, 6) is -0.672. The lowest BCUT2D eigenvalue weighted by molar-refractivity contribution is -0.130. The van der Waals surface area contributed by atoms with Crippen LogP contribution in [0.15, 0.2) is 30.3 Å². The van der Waals surface area contributed by atoms with Gasteiger partial charge in [-0.3, -0.25) is 9.59 Å². The summed E-state index contributed by atoms with van der Waals surface area (Å²) in [6, 6.07) is 7.41. The number of rotatable bonds is 3. The van der Waals surface area contributed by atoms with Crippen LogP contribution in [0.5, 0.6) is 0 Å². The zero-order valence-electron chi connectivity index (χ0n) is 12.0. The first-order valence-electron chi connectivity index (χ1n) is 7.00. The highest BCUT2D eigenvalue weighted by Crippen LogP contribution is 2.24. The van der Waals surface area contributed by atoms with Crippen molar-refractivity contribution in [3.8, 4) is 0 Å². The van der Waals surface area contributed by atoms with Gasteiger partial charge in [-0.05, 0) is 37.0 Å². The Morgan fingerprint density at radius 1 is 1.38 bits per heavy atom. The van der Waals surface area contributed by atoms with Crippen molar-refractivity contribution in [2.75, 3.05) is 13.1 Å². The molecule has 1 atom stereocenters. The van der Waals surface area contributed by atoms with Gasteiger partial charge in [0.2, 0.25) is 11.8 Å². The third kappa shape index (κ3) is 3.85. The normalized spacial score (nSPS) is 19.4. The van der Waals surface area contributed by atoms with E-state index in [1.165, 1.54) is 0 Å². The summed E-state index contributed by atoms with van der Waals surface area (Å²) in [5.41, 5.74) is 6.99. The van der Waals surface area contributed by atoms with Crippen molar-refractivity contribution in [3.05, 3.63) is 40.9 Å². The molecule has 1 aliphatic rings. The van der Waals surface area contributed by atoms with Gasteiger partial charge in [-0.15, -0.1) is 0 Å². The maximum atomic E-state index is 12.3. The molecule has 0 aliphatic carbocycles. The predicted molar refractivity (Wildman–Crippen MR) is 83.6 cm³/mol. The molecule has 4 nitrogen and oxygen atoms in total. The summed E-state index contributed by atoms with van der Waals surface area (Å²) in [6.45, 7) is 2.92. The second-order valence-electron chi connectivity index (χ2n) is 5.33. The van der Waals surface area contributed by atoms with Gasteiger partial charge in [0.15, 0.2) is 0 Å². The highest BCUT2D eigenvalue weighted by atomic mass is 35.5. The summed E-state index contributed by atoms with van der Waals surface area (Å²) in [6.07, 6.45) is 3.13. The molecule has 2 rings (SSSR count). The largest absolute Gasteiger partial charge is 0.369 e. The maximum Gasteiger partial charge on any atom is 0.246 e. The van der Waals surface area contributed by atoms with Gasteiger partial charge < -0.3 is 10.6 Å². The van der Waals surface area contributed by atoms with Crippen LogP contribution in [-0.2, 0) is 9.59 Å². The first-order chi connectivity index (χ1) is 9.99. The van der Waals surface area contributed by atoms with Crippen LogP contribution in [0.4, 0.5) is 0 Å². The molecule has 2 N–H and O–H groups in total. The summed E-state index contributed by atoms with van der Waals surface area (Å²) < 4.78 is 0. The van der Waals surface area contributed by atoms with Crippen molar-refractivity contribution in [2.45, 2.75) is 19.8 Å². The van der Waals surface area contributed by atoms with E-state index >= 15 is 0 Å². The number of likely N-dealkylation sites (tertiary alicyclic amines) is 1. The van der Waals surface area contributed by atoms with Gasteiger partial charge >= 0.3 is 0 Å². The highest BCUT2D eigenvalue weighted by Gasteiger charge is 2.26. The van der Waals surface area contributed by atoms with Crippen LogP contribution in [0.2, 0.25) is 5.02 Å². The molecule has 2 amide bonds. The van der Waals surface area contributed by atoms with Gasteiger partial charge in [0.05, 0.1) is 5.92 Å². The topological polar surface area (TPSA) is 63.4 Å². The third-order valence-electron chi connectivity index (χ3n) is 3.77. The quantitative estimate of drug-likeness (QED) is 0.872. The first kappa shape index (κ1) is 15.6. The Morgan fingerprint density at radius 3 is 2.76 bits per heavy atom. The number of piperidine rings is 1. The number of hydrogen-bond acceptors (Lipinski definition) is 2. The first-order valence-corrected chi connectivity index (χ1v) is 7.38. The standard InChI is InChI=1S/C16H19ClN2O2/c1-11(13-6-2-3-7-14(13)17)9-15(20)19-8-4-5-12(10-19)16(18)21/h2-3,6-7,9,12H,4-5,8,10H2,1H3,(H2,18,21)/b11-9-/t12-/m1/s1. The average Bonchev–Trinajstić information content (AvgIpc) is 2.47. The molecule has 1 fully saturated rings. The number of carbonyl (C=O) groups is 2. The Balaban J connectivity index is 2.11. The molecule has 1 heterocycles. The molecule has 112 valence electrons. The van der Waals surface area contributed by atoms with Gasteiger partial charge in [0.25, 0.3) is 0 Å². The van der Waals surface area contributed by atoms with Gasteiger partial charge in [-0.25, -0.2) is 0 Å². The molecule has 0 unspecified atom stereocenters. The van der Waals surface area contributed by atoms with Crippen molar-refractivity contribution >= 4 is 29.0 Å². The van der Waals surface area contributed by atoms with Crippen LogP contribution in [-0.4, -0.2) is 29.8 Å². The fourth-order valence-corrected chi connectivity index (χ4v) is 2.83. The fourth-order valence-electron chi connectivity index (χ4n) is 2.54. The van der Waals surface area contributed by atoms with Crippen molar-refractivity contribution in [1.82, 2.24) is 4.90 Å². The van der Waals surface area contributed by atoms with Crippen molar-refractivity contribution in [2.24, 2.45) is 11.7 Å². The Kier molecular flexibility index (Phi) is 5.02. The van der Waals surface area contributed by atoms with E-state index in [9.17, 15) is 9.59 Å². The molecule has 1 aliphatic heterocycles. The second-order valence-corrected chi connectivity index (χ2v) is 5.74. The monoisotopic (exact) mass is 306 g/mol. The number of primary amides is 1. The molecule has 0 bridgehead atoms. The highest BCUT2D eigenvalue weighted by molar-refractivity contribution is 6.32. The third-order valence-corrected chi connectivity index (χ3v) is 4.10. The van der Waals surface area contributed by atoms with E-state index < -0.39 is 0 Å². The van der Waals surface area contributed by atoms with Crippen LogP contribution in [0.25, 0.3) is 5.57 Å². The van der Waals surface area contributed by atoms with Crippen molar-refractivity contribution in [1.29, 1.82) is 0 Å². The number of amides is 2. The molecular formula is C16H19ClN2O2. The van der Waals surface area contributed by atoms with E-state index in [4.69, 9.17) is 17.3 Å². The van der Waals surface area contributed by atoms with Crippen LogP contribution in [0, 0.1) is 5.92 Å². The number of allylic oxidation sites excluding steroid dienone is 1. The van der Waals surface area contributed by atoms with E-state index in [1.807, 2.05) is 25.1 Å². The lowest BCUT2D eigenvalue weighted by Crippen LogP contribution is -2.43. The number of carbonyl (C=O) groups excluding carboxylic acids is 2. The van der Waals surface area contributed by atoms with Gasteiger partial charge in [0.1, 0.15) is 0 Å². The summed E-state index contributed by atoms with van der Waals surface area (Å²) in [4.78, 5) is 25.3. The lowest BCUT2D eigenvalue weighted by Gasteiger charge is -2.30. The zero-order chi connectivity index (χ0) is 15.4. The Morgan fingerprint density at radius 2 is 2.10 bits per heavy atom. The van der Waals surface area contributed by atoms with Crippen LogP contribution < -0.4 is 5.73 Å². The molecule has 1 saturated heterocycles. The Labute approximate surface area is 129 Å². The minimum atomic E-state index is -0.334. The van der Waals surface area contributed by atoms with Gasteiger partial charge in [-0.1, -0.05) is 29.8 Å². The SMILES string of the molecule is C/C(=C/C(=O)N1CCC[C@@H](C(N)=O)C1)c1ccccc1Cl. The molecule has 21 heavy (non-hydrogen) atoms. The summed E-state index contributed by atoms with van der Waals surface area (Å²) in [5, 5.41) is 0.618. The molecule has 0 aromatic heterocycles. The second kappa shape index (κ2) is 6.76. The molecular weight excluding hydrogens is 288 g/mol. The molecule has 1 aromatic rings.